The number of hydrogen-bond donors (Lipinski definition) is 1. The molecule has 0 saturated carbocycles. The van der Waals surface area contributed by atoms with Gasteiger partial charge in [0.05, 0.1) is 5.56 Å². The average molecular weight is 323 g/mol. The quantitative estimate of drug-likeness (QED) is 0.524. The summed E-state index contributed by atoms with van der Waals surface area (Å²) in [5.74, 6) is -7.18. The predicted octanol–water partition coefficient (Wildman–Crippen LogP) is 2.30. The van der Waals surface area contributed by atoms with Crippen molar-refractivity contribution < 1.29 is 17.6 Å². The lowest BCUT2D eigenvalue weighted by atomic mass is 10.2. The molecule has 0 amide bonds. The fraction of sp³-hybridized carbons (Fsp3) is 0.167. The number of aromatic amines is 1. The van der Waals surface area contributed by atoms with Gasteiger partial charge in [-0.1, -0.05) is 18.5 Å². The highest BCUT2D eigenvalue weighted by atomic mass is 35.5. The van der Waals surface area contributed by atoms with Gasteiger partial charge in [-0.05, 0) is 6.42 Å². The lowest BCUT2D eigenvalue weighted by molar-refractivity contribution is 0.445. The highest BCUT2D eigenvalue weighted by Crippen LogP contribution is 2.21. The molecule has 1 aromatic carbocycles. The second kappa shape index (κ2) is 5.36. The van der Waals surface area contributed by atoms with Crippen LogP contribution in [-0.4, -0.2) is 9.55 Å². The summed E-state index contributed by atoms with van der Waals surface area (Å²) < 4.78 is 53.8. The van der Waals surface area contributed by atoms with Gasteiger partial charge in [-0.2, -0.15) is 0 Å². The molecule has 0 aliphatic heterocycles. The monoisotopic (exact) mass is 322 g/mol. The minimum absolute atomic E-state index is 0.0238. The summed E-state index contributed by atoms with van der Waals surface area (Å²) in [5, 5.41) is -0.304. The largest absolute Gasteiger partial charge is 0.334 e. The van der Waals surface area contributed by atoms with Crippen LogP contribution in [0, 0.1) is 23.3 Å². The molecule has 1 aromatic heterocycles. The molecule has 1 heterocycles. The van der Waals surface area contributed by atoms with Crippen molar-refractivity contribution in [2.45, 2.75) is 13.3 Å². The normalized spacial score (nSPS) is 11.0. The first kappa shape index (κ1) is 15.3. The molecule has 2 aromatic rings. The van der Waals surface area contributed by atoms with Gasteiger partial charge in [-0.15, -0.1) is 0 Å². The van der Waals surface area contributed by atoms with Crippen LogP contribution >= 0.6 is 11.6 Å². The van der Waals surface area contributed by atoms with Crippen LogP contribution in [0.4, 0.5) is 17.6 Å². The Hall–Kier alpha value is -2.09. The molecule has 0 bridgehead atoms. The van der Waals surface area contributed by atoms with Gasteiger partial charge in [0.15, 0.2) is 23.3 Å². The Morgan fingerprint density at radius 3 is 2.14 bits per heavy atom. The summed E-state index contributed by atoms with van der Waals surface area (Å²) in [6, 6.07) is -0.0238. The molecule has 1 N–H and O–H groups in total. The molecule has 2 rings (SSSR count). The fourth-order valence-corrected chi connectivity index (χ4v) is 2.11. The van der Waals surface area contributed by atoms with E-state index in [-0.39, 0.29) is 27.8 Å². The SMILES string of the molecule is CCc1c(Cl)[nH]c(=O)n(-c2c(F)c(F)cc(F)c2F)c1=O. The summed E-state index contributed by atoms with van der Waals surface area (Å²) in [5.41, 5.74) is -4.05. The first-order valence-electron chi connectivity index (χ1n) is 5.66. The van der Waals surface area contributed by atoms with Crippen LogP contribution in [-0.2, 0) is 6.42 Å². The number of nitrogens with zero attached hydrogens (tertiary/aromatic N) is 1. The first-order valence-corrected chi connectivity index (χ1v) is 6.04. The first-order chi connectivity index (χ1) is 9.79. The van der Waals surface area contributed by atoms with Crippen molar-refractivity contribution >= 4 is 11.6 Å². The van der Waals surface area contributed by atoms with E-state index in [1.54, 1.807) is 0 Å². The van der Waals surface area contributed by atoms with Crippen LogP contribution in [0.1, 0.15) is 12.5 Å². The lowest BCUT2D eigenvalue weighted by Gasteiger charge is -2.10. The van der Waals surface area contributed by atoms with Crippen LogP contribution in [0.3, 0.4) is 0 Å². The van der Waals surface area contributed by atoms with Gasteiger partial charge in [0, 0.05) is 6.07 Å². The maximum atomic E-state index is 13.7. The van der Waals surface area contributed by atoms with Crippen LogP contribution < -0.4 is 11.2 Å². The number of rotatable bonds is 2. The number of halogens is 5. The van der Waals surface area contributed by atoms with E-state index in [0.717, 1.165) is 0 Å². The molecular formula is C12H7ClF4N2O2. The molecule has 0 fully saturated rings. The summed E-state index contributed by atoms with van der Waals surface area (Å²) in [6.45, 7) is 1.50. The van der Waals surface area contributed by atoms with Gasteiger partial charge in [0.1, 0.15) is 10.8 Å². The summed E-state index contributed by atoms with van der Waals surface area (Å²) in [7, 11) is 0. The zero-order valence-corrected chi connectivity index (χ0v) is 11.2. The van der Waals surface area contributed by atoms with E-state index < -0.39 is 40.2 Å². The van der Waals surface area contributed by atoms with Crippen molar-refractivity contribution in [3.63, 3.8) is 0 Å². The number of aromatic nitrogens is 2. The Morgan fingerprint density at radius 2 is 1.67 bits per heavy atom. The Bertz CT molecular complexity index is 818. The van der Waals surface area contributed by atoms with Crippen molar-refractivity contribution in [3.05, 3.63) is 60.9 Å². The van der Waals surface area contributed by atoms with E-state index in [1.807, 2.05) is 4.98 Å². The lowest BCUT2D eigenvalue weighted by Crippen LogP contribution is -2.37. The van der Waals surface area contributed by atoms with Gasteiger partial charge < -0.3 is 0 Å². The van der Waals surface area contributed by atoms with E-state index in [4.69, 9.17) is 11.6 Å². The van der Waals surface area contributed by atoms with E-state index in [0.29, 0.717) is 0 Å². The van der Waals surface area contributed by atoms with E-state index in [9.17, 15) is 27.2 Å². The highest BCUT2D eigenvalue weighted by molar-refractivity contribution is 6.30. The zero-order valence-electron chi connectivity index (χ0n) is 10.4. The van der Waals surface area contributed by atoms with E-state index in [1.165, 1.54) is 6.92 Å². The average Bonchev–Trinajstić information content (AvgIpc) is 2.40. The summed E-state index contributed by atoms with van der Waals surface area (Å²) >= 11 is 5.63. The molecule has 0 radical (unpaired) electrons. The molecule has 0 atom stereocenters. The van der Waals surface area contributed by atoms with Gasteiger partial charge in [0.25, 0.3) is 5.56 Å². The van der Waals surface area contributed by atoms with Gasteiger partial charge in [-0.3, -0.25) is 9.78 Å². The van der Waals surface area contributed by atoms with Crippen molar-refractivity contribution in [2.75, 3.05) is 0 Å². The number of hydrogen-bond acceptors (Lipinski definition) is 2. The molecule has 0 saturated heterocycles. The topological polar surface area (TPSA) is 54.9 Å². The molecular weight excluding hydrogens is 316 g/mol. The third kappa shape index (κ3) is 2.35. The second-order valence-corrected chi connectivity index (χ2v) is 4.41. The Kier molecular flexibility index (Phi) is 3.91. The van der Waals surface area contributed by atoms with Crippen LogP contribution in [0.15, 0.2) is 15.7 Å². The Labute approximate surface area is 119 Å². The highest BCUT2D eigenvalue weighted by Gasteiger charge is 2.24. The minimum Gasteiger partial charge on any atom is -0.297 e. The number of nitrogens with one attached hydrogen (secondary N) is 1. The summed E-state index contributed by atoms with van der Waals surface area (Å²) in [4.78, 5) is 25.7. The number of benzene rings is 1. The van der Waals surface area contributed by atoms with Gasteiger partial charge >= 0.3 is 5.69 Å². The molecule has 21 heavy (non-hydrogen) atoms. The van der Waals surface area contributed by atoms with Gasteiger partial charge in [-0.25, -0.2) is 26.9 Å². The molecule has 4 nitrogen and oxygen atoms in total. The third-order valence-corrected chi connectivity index (χ3v) is 3.13. The predicted molar refractivity (Wildman–Crippen MR) is 66.9 cm³/mol. The molecule has 112 valence electrons. The number of H-pyrrole nitrogens is 1. The van der Waals surface area contributed by atoms with Crippen LogP contribution in [0.25, 0.3) is 5.69 Å². The van der Waals surface area contributed by atoms with Gasteiger partial charge in [0.2, 0.25) is 0 Å². The van der Waals surface area contributed by atoms with Crippen molar-refractivity contribution in [1.29, 1.82) is 0 Å². The zero-order chi connectivity index (χ0) is 15.9. The summed E-state index contributed by atoms with van der Waals surface area (Å²) in [6.07, 6.45) is 0.0372. The van der Waals surface area contributed by atoms with Crippen LogP contribution in [0.2, 0.25) is 5.15 Å². The maximum absolute atomic E-state index is 13.7. The molecule has 0 aliphatic carbocycles. The third-order valence-electron chi connectivity index (χ3n) is 2.81. The molecule has 0 aliphatic rings. The standard InChI is InChI=1S/C12H7ClF4N2O2/c1-2-4-10(13)18-12(21)19(11(4)20)9-7(16)5(14)3-6(15)8(9)17/h3H,2H2,1H3,(H,18,21). The smallest absolute Gasteiger partial charge is 0.297 e. The van der Waals surface area contributed by atoms with E-state index >= 15 is 0 Å². The van der Waals surface area contributed by atoms with E-state index in [2.05, 4.69) is 0 Å². The molecule has 0 spiro atoms. The van der Waals surface area contributed by atoms with Crippen LogP contribution in [0.5, 0.6) is 0 Å². The molecule has 9 heteroatoms. The fourth-order valence-electron chi connectivity index (χ4n) is 1.81. The van der Waals surface area contributed by atoms with Crippen molar-refractivity contribution in [3.8, 4) is 5.69 Å². The minimum atomic E-state index is -1.86. The van der Waals surface area contributed by atoms with Crippen molar-refractivity contribution in [1.82, 2.24) is 9.55 Å². The maximum Gasteiger partial charge on any atom is 0.334 e. The Morgan fingerprint density at radius 1 is 1.14 bits per heavy atom. The second-order valence-electron chi connectivity index (χ2n) is 4.03. The molecule has 0 unspecified atom stereocenters. The van der Waals surface area contributed by atoms with Crippen molar-refractivity contribution in [2.24, 2.45) is 0 Å². The Balaban J connectivity index is 3.00.